The lowest BCUT2D eigenvalue weighted by atomic mass is 9.99. The van der Waals surface area contributed by atoms with Crippen molar-refractivity contribution in [2.24, 2.45) is 0 Å². The predicted molar refractivity (Wildman–Crippen MR) is 130 cm³/mol. The van der Waals surface area contributed by atoms with Gasteiger partial charge in [-0.1, -0.05) is 29.8 Å². The average molecular weight is 472 g/mol. The maximum Gasteiger partial charge on any atom is 0.341 e. The first-order valence-electron chi connectivity index (χ1n) is 10.4. The molecule has 0 fully saturated rings. The molecular weight excluding hydrogens is 446 g/mol. The van der Waals surface area contributed by atoms with Gasteiger partial charge in [-0.05, 0) is 68.1 Å². The molecule has 3 aromatic rings. The lowest BCUT2D eigenvalue weighted by Crippen LogP contribution is -2.15. The molecule has 32 heavy (non-hydrogen) atoms. The molecular formula is C25H26ClNO4S. The average Bonchev–Trinajstić information content (AvgIpc) is 3.18. The van der Waals surface area contributed by atoms with Crippen LogP contribution in [0.5, 0.6) is 5.75 Å². The number of hydrogen-bond donors (Lipinski definition) is 1. The molecule has 0 aliphatic carbocycles. The van der Waals surface area contributed by atoms with Crippen LogP contribution in [0.15, 0.2) is 47.8 Å². The van der Waals surface area contributed by atoms with Gasteiger partial charge >= 0.3 is 5.97 Å². The number of aryl methyl sites for hydroxylation is 2. The van der Waals surface area contributed by atoms with Crippen LogP contribution in [0.3, 0.4) is 0 Å². The van der Waals surface area contributed by atoms with E-state index in [1.165, 1.54) is 16.9 Å². The number of nitrogens with one attached hydrogen (secondary N) is 1. The third-order valence-electron chi connectivity index (χ3n) is 4.97. The second kappa shape index (κ2) is 11.2. The number of anilines is 1. The lowest BCUT2D eigenvalue weighted by molar-refractivity contribution is -0.116. The van der Waals surface area contributed by atoms with E-state index in [-0.39, 0.29) is 18.9 Å². The number of carbonyl (C=O) groups is 2. The van der Waals surface area contributed by atoms with Gasteiger partial charge in [-0.3, -0.25) is 4.79 Å². The van der Waals surface area contributed by atoms with Crippen LogP contribution in [-0.2, 0) is 9.53 Å². The van der Waals surface area contributed by atoms with Gasteiger partial charge in [0.15, 0.2) is 0 Å². The maximum absolute atomic E-state index is 12.7. The van der Waals surface area contributed by atoms with E-state index >= 15 is 0 Å². The number of rotatable bonds is 9. The largest absolute Gasteiger partial charge is 0.494 e. The summed E-state index contributed by atoms with van der Waals surface area (Å²) in [5, 5.41) is 5.91. The highest BCUT2D eigenvalue weighted by atomic mass is 35.5. The summed E-state index contributed by atoms with van der Waals surface area (Å²) in [5.74, 6) is 0.0859. The van der Waals surface area contributed by atoms with Crippen LogP contribution in [-0.4, -0.2) is 25.1 Å². The molecule has 1 heterocycles. The topological polar surface area (TPSA) is 64.6 Å². The van der Waals surface area contributed by atoms with Gasteiger partial charge in [-0.2, -0.15) is 0 Å². The van der Waals surface area contributed by atoms with Gasteiger partial charge in [-0.25, -0.2) is 4.79 Å². The van der Waals surface area contributed by atoms with Crippen LogP contribution in [0.2, 0.25) is 5.02 Å². The van der Waals surface area contributed by atoms with Crippen molar-refractivity contribution in [2.45, 2.75) is 33.6 Å². The van der Waals surface area contributed by atoms with Gasteiger partial charge in [0.05, 0.1) is 13.2 Å². The van der Waals surface area contributed by atoms with Crippen molar-refractivity contribution < 1.29 is 19.1 Å². The SMILES string of the molecule is CCOC(=O)c1c(-c2ccc(C)c(C)c2)csc1NC(=O)CCCOc1ccc(Cl)cc1. The highest BCUT2D eigenvalue weighted by molar-refractivity contribution is 7.15. The lowest BCUT2D eigenvalue weighted by Gasteiger charge is -2.10. The van der Waals surface area contributed by atoms with Crippen molar-refractivity contribution in [3.05, 3.63) is 69.6 Å². The second-order valence-corrected chi connectivity index (χ2v) is 8.64. The highest BCUT2D eigenvalue weighted by Gasteiger charge is 2.23. The van der Waals surface area contributed by atoms with Crippen LogP contribution in [0.1, 0.15) is 41.3 Å². The number of carbonyl (C=O) groups excluding carboxylic acids is 2. The van der Waals surface area contributed by atoms with Crippen molar-refractivity contribution in [3.63, 3.8) is 0 Å². The normalized spacial score (nSPS) is 10.6. The van der Waals surface area contributed by atoms with E-state index < -0.39 is 5.97 Å². The summed E-state index contributed by atoms with van der Waals surface area (Å²) >= 11 is 7.19. The Hall–Kier alpha value is -2.83. The summed E-state index contributed by atoms with van der Waals surface area (Å²) < 4.78 is 10.9. The first-order chi connectivity index (χ1) is 15.4. The molecule has 1 aromatic heterocycles. The second-order valence-electron chi connectivity index (χ2n) is 7.33. The quantitative estimate of drug-likeness (QED) is 0.280. The number of thiophene rings is 1. The van der Waals surface area contributed by atoms with Gasteiger partial charge in [-0.15, -0.1) is 11.3 Å². The molecule has 5 nitrogen and oxygen atoms in total. The molecule has 0 radical (unpaired) electrons. The number of esters is 1. The zero-order valence-electron chi connectivity index (χ0n) is 18.4. The summed E-state index contributed by atoms with van der Waals surface area (Å²) in [4.78, 5) is 25.2. The summed E-state index contributed by atoms with van der Waals surface area (Å²) in [6.45, 7) is 6.50. The minimum Gasteiger partial charge on any atom is -0.494 e. The van der Waals surface area contributed by atoms with E-state index in [1.54, 1.807) is 31.2 Å². The summed E-state index contributed by atoms with van der Waals surface area (Å²) in [6.07, 6.45) is 0.811. The third kappa shape index (κ3) is 6.11. The van der Waals surface area contributed by atoms with Crippen molar-refractivity contribution in [1.29, 1.82) is 0 Å². The zero-order chi connectivity index (χ0) is 23.1. The van der Waals surface area contributed by atoms with Gasteiger partial charge in [0.25, 0.3) is 0 Å². The Labute approximate surface area is 197 Å². The minimum atomic E-state index is -0.441. The molecule has 0 unspecified atom stereocenters. The molecule has 168 valence electrons. The Balaban J connectivity index is 1.67. The fraction of sp³-hybridized carbons (Fsp3) is 0.280. The number of amides is 1. The molecule has 0 aliphatic rings. The molecule has 0 saturated carbocycles. The molecule has 2 aromatic carbocycles. The van der Waals surface area contributed by atoms with E-state index in [1.807, 2.05) is 37.4 Å². The summed E-state index contributed by atoms with van der Waals surface area (Å²) in [7, 11) is 0. The van der Waals surface area contributed by atoms with E-state index in [2.05, 4.69) is 5.32 Å². The van der Waals surface area contributed by atoms with Gasteiger partial charge < -0.3 is 14.8 Å². The van der Waals surface area contributed by atoms with E-state index in [0.29, 0.717) is 34.4 Å². The van der Waals surface area contributed by atoms with Crippen molar-refractivity contribution in [1.82, 2.24) is 0 Å². The molecule has 7 heteroatoms. The fourth-order valence-corrected chi connectivity index (χ4v) is 4.22. The van der Waals surface area contributed by atoms with E-state index in [4.69, 9.17) is 21.1 Å². The van der Waals surface area contributed by atoms with E-state index in [0.717, 1.165) is 16.7 Å². The third-order valence-corrected chi connectivity index (χ3v) is 6.12. The van der Waals surface area contributed by atoms with Gasteiger partial charge in [0.1, 0.15) is 16.3 Å². The Bertz CT molecular complexity index is 1090. The highest BCUT2D eigenvalue weighted by Crippen LogP contribution is 2.37. The first-order valence-corrected chi connectivity index (χ1v) is 11.7. The minimum absolute atomic E-state index is 0.177. The Morgan fingerprint density at radius 1 is 1.06 bits per heavy atom. The van der Waals surface area contributed by atoms with Crippen molar-refractivity contribution in [3.8, 4) is 16.9 Å². The zero-order valence-corrected chi connectivity index (χ0v) is 19.9. The molecule has 0 aliphatic heterocycles. The van der Waals surface area contributed by atoms with Gasteiger partial charge in [0, 0.05) is 22.4 Å². The molecule has 0 saturated heterocycles. The number of hydrogen-bond acceptors (Lipinski definition) is 5. The number of benzene rings is 2. The fourth-order valence-electron chi connectivity index (χ4n) is 3.12. The molecule has 1 amide bonds. The molecule has 1 N–H and O–H groups in total. The van der Waals surface area contributed by atoms with Crippen LogP contribution >= 0.6 is 22.9 Å². The number of ether oxygens (including phenoxy) is 2. The Kier molecular flexibility index (Phi) is 8.31. The first kappa shape index (κ1) is 23.8. The Morgan fingerprint density at radius 2 is 1.81 bits per heavy atom. The van der Waals surface area contributed by atoms with Crippen LogP contribution < -0.4 is 10.1 Å². The molecule has 0 atom stereocenters. The van der Waals surface area contributed by atoms with Crippen molar-refractivity contribution >= 4 is 39.8 Å². The van der Waals surface area contributed by atoms with Crippen LogP contribution in [0.4, 0.5) is 5.00 Å². The van der Waals surface area contributed by atoms with Crippen LogP contribution in [0, 0.1) is 13.8 Å². The van der Waals surface area contributed by atoms with E-state index in [9.17, 15) is 9.59 Å². The monoisotopic (exact) mass is 471 g/mol. The predicted octanol–water partition coefficient (Wildman–Crippen LogP) is 6.66. The molecule has 0 bridgehead atoms. The number of halogens is 1. The standard InChI is InChI=1S/C25H26ClNO4S/c1-4-30-25(29)23-21(18-8-7-16(2)17(3)14-18)15-32-24(23)27-22(28)6-5-13-31-20-11-9-19(26)10-12-20/h7-12,14-15H,4-6,13H2,1-3H3,(H,27,28). The Morgan fingerprint density at radius 3 is 2.50 bits per heavy atom. The van der Waals surface area contributed by atoms with Gasteiger partial charge in [0.2, 0.25) is 5.91 Å². The molecule has 3 rings (SSSR count). The summed E-state index contributed by atoms with van der Waals surface area (Å²) in [5.41, 5.74) is 4.39. The van der Waals surface area contributed by atoms with Crippen LogP contribution in [0.25, 0.3) is 11.1 Å². The smallest absolute Gasteiger partial charge is 0.341 e. The van der Waals surface area contributed by atoms with Crippen molar-refractivity contribution in [2.75, 3.05) is 18.5 Å². The summed E-state index contributed by atoms with van der Waals surface area (Å²) in [6, 6.07) is 13.1. The molecule has 0 spiro atoms. The maximum atomic E-state index is 12.7.